The van der Waals surface area contributed by atoms with E-state index in [1.165, 1.54) is 14.2 Å². The molecule has 0 aliphatic carbocycles. The van der Waals surface area contributed by atoms with Gasteiger partial charge in [-0.05, 0) is 24.3 Å². The first kappa shape index (κ1) is 15.7. The van der Waals surface area contributed by atoms with E-state index in [2.05, 4.69) is 11.8 Å². The normalized spacial score (nSPS) is 11.1. The van der Waals surface area contributed by atoms with Gasteiger partial charge in [0.05, 0.1) is 21.3 Å². The molecule has 22 heavy (non-hydrogen) atoms. The Bertz CT molecular complexity index is 683. The third-order valence-electron chi connectivity index (χ3n) is 3.16. The number of aliphatic hydroxyl groups excluding tert-OH is 1. The molecule has 2 aromatic carbocycles. The molecule has 0 radical (unpaired) electrons. The third kappa shape index (κ3) is 3.33. The van der Waals surface area contributed by atoms with Crippen molar-refractivity contribution in [2.24, 2.45) is 0 Å². The quantitative estimate of drug-likeness (QED) is 0.882. The zero-order valence-electron chi connectivity index (χ0n) is 12.8. The first-order valence-electron chi connectivity index (χ1n) is 6.74. The second kappa shape index (κ2) is 7.39. The molecular weight excluding hydrogens is 280 g/mol. The fourth-order valence-corrected chi connectivity index (χ4v) is 2.09. The Morgan fingerprint density at radius 1 is 0.864 bits per heavy atom. The van der Waals surface area contributed by atoms with Gasteiger partial charge in [0.2, 0.25) is 5.75 Å². The molecule has 1 N–H and O–H groups in total. The van der Waals surface area contributed by atoms with Crippen LogP contribution in [0.25, 0.3) is 0 Å². The maximum absolute atomic E-state index is 10.3. The summed E-state index contributed by atoms with van der Waals surface area (Å²) in [6, 6.07) is 12.9. The molecule has 0 heterocycles. The van der Waals surface area contributed by atoms with Gasteiger partial charge in [0.25, 0.3) is 0 Å². The van der Waals surface area contributed by atoms with Gasteiger partial charge in [0.1, 0.15) is 6.10 Å². The summed E-state index contributed by atoms with van der Waals surface area (Å²) in [5.74, 6) is 7.12. The van der Waals surface area contributed by atoms with Crippen molar-refractivity contribution in [1.29, 1.82) is 0 Å². The first-order valence-corrected chi connectivity index (χ1v) is 6.74. The van der Waals surface area contributed by atoms with E-state index in [1.54, 1.807) is 19.2 Å². The average molecular weight is 298 g/mol. The van der Waals surface area contributed by atoms with Crippen LogP contribution in [0.5, 0.6) is 17.2 Å². The van der Waals surface area contributed by atoms with E-state index in [4.69, 9.17) is 14.2 Å². The van der Waals surface area contributed by atoms with Crippen molar-refractivity contribution in [1.82, 2.24) is 0 Å². The van der Waals surface area contributed by atoms with Crippen LogP contribution in [-0.4, -0.2) is 26.4 Å². The van der Waals surface area contributed by atoms with Crippen LogP contribution in [0.4, 0.5) is 0 Å². The van der Waals surface area contributed by atoms with E-state index >= 15 is 0 Å². The summed E-state index contributed by atoms with van der Waals surface area (Å²) in [4.78, 5) is 0. The van der Waals surface area contributed by atoms with Crippen molar-refractivity contribution >= 4 is 0 Å². The van der Waals surface area contributed by atoms with Gasteiger partial charge in [0, 0.05) is 11.1 Å². The molecule has 2 aromatic rings. The number of aliphatic hydroxyl groups is 1. The van der Waals surface area contributed by atoms with Gasteiger partial charge in [-0.15, -0.1) is 0 Å². The van der Waals surface area contributed by atoms with E-state index in [1.807, 2.05) is 30.3 Å². The van der Waals surface area contributed by atoms with Crippen molar-refractivity contribution in [2.75, 3.05) is 21.3 Å². The van der Waals surface area contributed by atoms with Crippen LogP contribution >= 0.6 is 0 Å². The lowest BCUT2D eigenvalue weighted by molar-refractivity contribution is 0.229. The summed E-state index contributed by atoms with van der Waals surface area (Å²) in [6.45, 7) is 0. The van der Waals surface area contributed by atoms with E-state index in [0.29, 0.717) is 22.8 Å². The summed E-state index contributed by atoms with van der Waals surface area (Å²) in [6.07, 6.45) is -0.991. The molecule has 0 aliphatic heterocycles. The number of methoxy groups -OCH3 is 3. The Hall–Kier alpha value is -2.64. The van der Waals surface area contributed by atoms with E-state index in [-0.39, 0.29) is 0 Å². The Labute approximate surface area is 130 Å². The molecule has 1 unspecified atom stereocenters. The minimum absolute atomic E-state index is 0.414. The van der Waals surface area contributed by atoms with E-state index in [0.717, 1.165) is 5.56 Å². The molecule has 0 bridgehead atoms. The molecule has 0 amide bonds. The zero-order chi connectivity index (χ0) is 15.9. The molecule has 0 aromatic heterocycles. The molecule has 4 heteroatoms. The van der Waals surface area contributed by atoms with Crippen LogP contribution in [0.1, 0.15) is 17.2 Å². The summed E-state index contributed by atoms with van der Waals surface area (Å²) in [7, 11) is 4.58. The summed E-state index contributed by atoms with van der Waals surface area (Å²) < 4.78 is 15.9. The molecule has 2 rings (SSSR count). The van der Waals surface area contributed by atoms with Crippen LogP contribution in [0, 0.1) is 11.8 Å². The van der Waals surface area contributed by atoms with Crippen LogP contribution in [0.3, 0.4) is 0 Å². The Balaban J connectivity index is 2.38. The van der Waals surface area contributed by atoms with Crippen LogP contribution in [-0.2, 0) is 0 Å². The van der Waals surface area contributed by atoms with Gasteiger partial charge in [0.15, 0.2) is 11.5 Å². The van der Waals surface area contributed by atoms with Crippen molar-refractivity contribution in [3.8, 4) is 29.1 Å². The van der Waals surface area contributed by atoms with Gasteiger partial charge in [-0.1, -0.05) is 30.0 Å². The minimum Gasteiger partial charge on any atom is -0.493 e. The van der Waals surface area contributed by atoms with Crippen LogP contribution in [0.2, 0.25) is 0 Å². The molecule has 0 fully saturated rings. The zero-order valence-corrected chi connectivity index (χ0v) is 12.8. The number of hydrogen-bond donors (Lipinski definition) is 1. The van der Waals surface area contributed by atoms with Gasteiger partial charge >= 0.3 is 0 Å². The Morgan fingerprint density at radius 3 is 2.14 bits per heavy atom. The molecule has 0 saturated heterocycles. The smallest absolute Gasteiger partial charge is 0.203 e. The highest BCUT2D eigenvalue weighted by Gasteiger charge is 2.19. The second-order valence-electron chi connectivity index (χ2n) is 4.46. The molecule has 0 spiro atoms. The van der Waals surface area contributed by atoms with Crippen LogP contribution < -0.4 is 14.2 Å². The molecule has 1 atom stereocenters. The molecule has 0 aliphatic rings. The summed E-state index contributed by atoms with van der Waals surface area (Å²) in [5, 5.41) is 10.3. The highest BCUT2D eigenvalue weighted by molar-refractivity contribution is 5.57. The van der Waals surface area contributed by atoms with Gasteiger partial charge < -0.3 is 19.3 Å². The minimum atomic E-state index is -0.991. The van der Waals surface area contributed by atoms with Gasteiger partial charge in [-0.2, -0.15) is 0 Å². The lowest BCUT2D eigenvalue weighted by Gasteiger charge is -2.16. The van der Waals surface area contributed by atoms with Gasteiger partial charge in [-0.3, -0.25) is 0 Å². The molecular formula is C18H18O4. The van der Waals surface area contributed by atoms with Crippen molar-refractivity contribution in [3.05, 3.63) is 53.6 Å². The Kier molecular flexibility index (Phi) is 5.29. The van der Waals surface area contributed by atoms with E-state index < -0.39 is 6.10 Å². The Morgan fingerprint density at radius 2 is 1.55 bits per heavy atom. The average Bonchev–Trinajstić information content (AvgIpc) is 2.58. The predicted molar refractivity (Wildman–Crippen MR) is 84.4 cm³/mol. The lowest BCUT2D eigenvalue weighted by atomic mass is 10.1. The fraction of sp³-hybridized carbons (Fsp3) is 0.222. The first-order chi connectivity index (χ1) is 10.7. The monoisotopic (exact) mass is 298 g/mol. The van der Waals surface area contributed by atoms with Crippen molar-refractivity contribution in [2.45, 2.75) is 6.10 Å². The topological polar surface area (TPSA) is 47.9 Å². The number of hydrogen-bond acceptors (Lipinski definition) is 4. The standard InChI is InChI=1S/C18H18O4/c1-20-16-12-10-14(17(21-2)18(16)22-3)15(19)11-9-13-7-5-4-6-8-13/h4-8,10,12,15,19H,1-3H3. The molecule has 114 valence electrons. The fourth-order valence-electron chi connectivity index (χ4n) is 2.09. The highest BCUT2D eigenvalue weighted by Crippen LogP contribution is 2.41. The largest absolute Gasteiger partial charge is 0.493 e. The SMILES string of the molecule is COc1ccc(C(O)C#Cc2ccccc2)c(OC)c1OC. The highest BCUT2D eigenvalue weighted by atomic mass is 16.5. The van der Waals surface area contributed by atoms with E-state index in [9.17, 15) is 5.11 Å². The number of ether oxygens (including phenoxy) is 3. The van der Waals surface area contributed by atoms with Crippen molar-refractivity contribution in [3.63, 3.8) is 0 Å². The predicted octanol–water partition coefficient (Wildman–Crippen LogP) is 2.80. The van der Waals surface area contributed by atoms with Gasteiger partial charge in [-0.25, -0.2) is 0 Å². The number of rotatable bonds is 4. The number of benzene rings is 2. The molecule has 0 saturated carbocycles. The maximum atomic E-state index is 10.3. The lowest BCUT2D eigenvalue weighted by Crippen LogP contribution is -2.02. The summed E-state index contributed by atoms with van der Waals surface area (Å²) >= 11 is 0. The molecule has 4 nitrogen and oxygen atoms in total. The van der Waals surface area contributed by atoms with Crippen molar-refractivity contribution < 1.29 is 19.3 Å². The maximum Gasteiger partial charge on any atom is 0.203 e. The summed E-state index contributed by atoms with van der Waals surface area (Å²) in [5.41, 5.74) is 1.37. The third-order valence-corrected chi connectivity index (χ3v) is 3.16. The second-order valence-corrected chi connectivity index (χ2v) is 4.46. The van der Waals surface area contributed by atoms with Crippen LogP contribution in [0.15, 0.2) is 42.5 Å².